The summed E-state index contributed by atoms with van der Waals surface area (Å²) in [5.74, 6) is 0. The van der Waals surface area contributed by atoms with Crippen LogP contribution in [0.15, 0.2) is 60.7 Å². The van der Waals surface area contributed by atoms with Crippen LogP contribution in [-0.2, 0) is 0 Å². The minimum absolute atomic E-state index is 0.750. The third-order valence-corrected chi connectivity index (χ3v) is 1.88. The molecular formula is C14H15BF2I2. The smallest absolute Gasteiger partial charge is 0.174 e. The summed E-state index contributed by atoms with van der Waals surface area (Å²) < 4.78 is 21.2. The predicted octanol–water partition coefficient (Wildman–Crippen LogP) is 6.60. The Balaban J connectivity index is 0. The van der Waals surface area contributed by atoms with E-state index in [2.05, 4.69) is 93.6 Å². The van der Waals surface area contributed by atoms with Crippen molar-refractivity contribution in [2.45, 2.75) is 13.7 Å². The van der Waals surface area contributed by atoms with Crippen molar-refractivity contribution in [1.82, 2.24) is 0 Å². The fourth-order valence-electron chi connectivity index (χ4n) is 1.13. The number of hydrogen-bond donors (Lipinski definition) is 0. The summed E-state index contributed by atoms with van der Waals surface area (Å²) in [4.78, 5) is 0. The molecule has 102 valence electrons. The van der Waals surface area contributed by atoms with Crippen LogP contribution in [0.5, 0.6) is 0 Å². The fraction of sp³-hybridized carbons (Fsp3) is 0.143. The number of fused-ring (bicyclic) bond motifs is 1. The van der Waals surface area contributed by atoms with Crippen LogP contribution in [-0.4, -0.2) is 7.85 Å². The first-order valence-corrected chi connectivity index (χ1v) is 11.7. The van der Waals surface area contributed by atoms with Gasteiger partial charge in [0.05, 0.1) is 7.85 Å². The third kappa shape index (κ3) is 11.4. The van der Waals surface area contributed by atoms with Crippen LogP contribution >= 0.6 is 37.2 Å². The number of rotatable bonds is 0. The molecule has 0 saturated heterocycles. The first-order chi connectivity index (χ1) is 9.24. The monoisotopic (exact) mass is 486 g/mol. The van der Waals surface area contributed by atoms with Crippen LogP contribution in [0.2, 0.25) is 6.82 Å². The summed E-state index contributed by atoms with van der Waals surface area (Å²) in [7, 11) is 4.50. The molecule has 2 rings (SSSR count). The van der Waals surface area contributed by atoms with E-state index >= 15 is 0 Å². The molecule has 5 heteroatoms. The Labute approximate surface area is 138 Å². The number of hydrogen-bond acceptors (Lipinski definition) is 0. The quantitative estimate of drug-likeness (QED) is 0.291. The minimum Gasteiger partial charge on any atom is -0.174 e. The highest BCUT2D eigenvalue weighted by Crippen LogP contribution is 2.11. The van der Waals surface area contributed by atoms with E-state index in [1.807, 2.05) is 0 Å². The average Bonchev–Trinajstić information content (AvgIpc) is 2.52. The van der Waals surface area contributed by atoms with Crippen LogP contribution in [0.3, 0.4) is 0 Å². The van der Waals surface area contributed by atoms with Gasteiger partial charge in [-0.15, -0.1) is 0 Å². The number of halogens is 4. The van der Waals surface area contributed by atoms with Crippen LogP contribution in [0, 0.1) is 0 Å². The van der Waals surface area contributed by atoms with E-state index < -0.39 is 6.08 Å². The molecule has 0 aliphatic rings. The second-order valence-electron chi connectivity index (χ2n) is 2.93. The SMILES string of the molecule is CC=C(F)F.II.[B]C.c1ccc2ccccc2c1. The van der Waals surface area contributed by atoms with Crippen molar-refractivity contribution < 1.29 is 8.78 Å². The van der Waals surface area contributed by atoms with Gasteiger partial charge in [0.25, 0.3) is 6.08 Å². The van der Waals surface area contributed by atoms with Crippen molar-refractivity contribution in [3.8, 4) is 0 Å². The molecule has 0 aliphatic carbocycles. The molecule has 0 unspecified atom stereocenters. The summed E-state index contributed by atoms with van der Waals surface area (Å²) in [5.41, 5.74) is 0. The largest absolute Gasteiger partial charge is 0.266 e. The maximum atomic E-state index is 10.6. The van der Waals surface area contributed by atoms with Gasteiger partial charge in [-0.2, -0.15) is 8.78 Å². The van der Waals surface area contributed by atoms with E-state index in [9.17, 15) is 8.78 Å². The van der Waals surface area contributed by atoms with Gasteiger partial charge in [0.15, 0.2) is 0 Å². The Morgan fingerprint density at radius 1 is 0.895 bits per heavy atom. The molecule has 0 atom stereocenters. The molecule has 19 heavy (non-hydrogen) atoms. The Morgan fingerprint density at radius 2 is 1.11 bits per heavy atom. The van der Waals surface area contributed by atoms with Crippen LogP contribution in [0.1, 0.15) is 6.92 Å². The Hall–Kier alpha value is -0.175. The molecule has 2 aromatic carbocycles. The van der Waals surface area contributed by atoms with Crippen molar-refractivity contribution in [3.05, 3.63) is 60.7 Å². The Kier molecular flexibility index (Phi) is 17.7. The van der Waals surface area contributed by atoms with Gasteiger partial charge < -0.3 is 0 Å². The first-order valence-electron chi connectivity index (χ1n) is 5.37. The summed E-state index contributed by atoms with van der Waals surface area (Å²) in [5, 5.41) is 2.62. The lowest BCUT2D eigenvalue weighted by atomic mass is 10.1. The van der Waals surface area contributed by atoms with Gasteiger partial charge in [-0.3, -0.25) is 0 Å². The first kappa shape index (κ1) is 21.1. The maximum absolute atomic E-state index is 10.6. The zero-order valence-electron chi connectivity index (χ0n) is 10.8. The van der Waals surface area contributed by atoms with E-state index in [1.165, 1.54) is 24.5 Å². The molecule has 0 aromatic heterocycles. The van der Waals surface area contributed by atoms with Gasteiger partial charge in [-0.05, 0) is 23.8 Å². The molecular weight excluding hydrogens is 471 g/mol. The second-order valence-corrected chi connectivity index (χ2v) is 2.93. The fourth-order valence-corrected chi connectivity index (χ4v) is 1.13. The summed E-state index contributed by atoms with van der Waals surface area (Å²) >= 11 is 4.24. The van der Waals surface area contributed by atoms with Gasteiger partial charge >= 0.3 is 0 Å². The lowest BCUT2D eigenvalue weighted by Gasteiger charge is -1.92. The van der Waals surface area contributed by atoms with Gasteiger partial charge in [0, 0.05) is 37.2 Å². The van der Waals surface area contributed by atoms with Crippen molar-refractivity contribution in [2.24, 2.45) is 0 Å². The zero-order valence-corrected chi connectivity index (χ0v) is 15.1. The normalized spacial score (nSPS) is 7.68. The molecule has 0 N–H and O–H groups in total. The van der Waals surface area contributed by atoms with Crippen molar-refractivity contribution in [2.75, 3.05) is 0 Å². The van der Waals surface area contributed by atoms with Gasteiger partial charge in [0.1, 0.15) is 0 Å². The topological polar surface area (TPSA) is 0 Å². The molecule has 0 aliphatic heterocycles. The summed E-state index contributed by atoms with van der Waals surface area (Å²) in [6.45, 7) is 2.79. The standard InChI is InChI=1S/C10H8.C3H4F2.CH3B.I2/c1-2-6-10-8-4-3-7-9(10)5-1;1-2-3(4)5;2*1-2/h1-8H;2H,1H3;1H3;. The highest BCUT2D eigenvalue weighted by molar-refractivity contribution is 15.0. The Morgan fingerprint density at radius 3 is 1.26 bits per heavy atom. The molecule has 0 heterocycles. The second kappa shape index (κ2) is 15.9. The molecule has 0 amide bonds. The lowest BCUT2D eigenvalue weighted by Crippen LogP contribution is -1.67. The van der Waals surface area contributed by atoms with E-state index in [-0.39, 0.29) is 0 Å². The molecule has 0 nitrogen and oxygen atoms in total. The van der Waals surface area contributed by atoms with E-state index in [0.29, 0.717) is 0 Å². The molecule has 0 saturated carbocycles. The number of allylic oxidation sites excluding steroid dienone is 1. The van der Waals surface area contributed by atoms with Crippen LogP contribution < -0.4 is 0 Å². The van der Waals surface area contributed by atoms with Crippen LogP contribution in [0.25, 0.3) is 10.8 Å². The zero-order chi connectivity index (χ0) is 15.1. The number of benzene rings is 2. The van der Waals surface area contributed by atoms with Crippen molar-refractivity contribution >= 4 is 55.9 Å². The molecule has 2 aromatic rings. The summed E-state index contributed by atoms with van der Waals surface area (Å²) in [6, 6.07) is 16.7. The van der Waals surface area contributed by atoms with Gasteiger partial charge in [-0.25, -0.2) is 0 Å². The van der Waals surface area contributed by atoms with E-state index in [4.69, 9.17) is 0 Å². The van der Waals surface area contributed by atoms with Gasteiger partial charge in [0.2, 0.25) is 0 Å². The minimum atomic E-state index is -1.62. The third-order valence-electron chi connectivity index (χ3n) is 1.88. The molecule has 0 bridgehead atoms. The van der Waals surface area contributed by atoms with Crippen LogP contribution in [0.4, 0.5) is 8.78 Å². The Bertz CT molecular complexity index is 392. The molecule has 2 radical (unpaired) electrons. The van der Waals surface area contributed by atoms with E-state index in [0.717, 1.165) is 6.08 Å². The van der Waals surface area contributed by atoms with Crippen molar-refractivity contribution in [3.63, 3.8) is 0 Å². The molecule has 0 spiro atoms. The molecule has 0 fully saturated rings. The highest BCUT2D eigenvalue weighted by Gasteiger charge is 1.85. The average molecular weight is 486 g/mol. The maximum Gasteiger partial charge on any atom is 0.266 e. The highest BCUT2D eigenvalue weighted by atomic mass is 128. The van der Waals surface area contributed by atoms with E-state index in [1.54, 1.807) is 0 Å². The lowest BCUT2D eigenvalue weighted by molar-refractivity contribution is 0.420. The van der Waals surface area contributed by atoms with Gasteiger partial charge in [-0.1, -0.05) is 55.4 Å². The summed E-state index contributed by atoms with van der Waals surface area (Å²) in [6.07, 6.45) is -0.870. The predicted molar refractivity (Wildman–Crippen MR) is 99.6 cm³/mol. The van der Waals surface area contributed by atoms with Crippen molar-refractivity contribution in [1.29, 1.82) is 0 Å².